The van der Waals surface area contributed by atoms with Gasteiger partial charge in [0.15, 0.2) is 0 Å². The van der Waals surface area contributed by atoms with Crippen LogP contribution in [0.25, 0.3) is 0 Å². The lowest BCUT2D eigenvalue weighted by molar-refractivity contribution is -0.145. The Kier molecular flexibility index (Phi) is 12.3. The van der Waals surface area contributed by atoms with Crippen LogP contribution in [0.5, 0.6) is 0 Å². The van der Waals surface area contributed by atoms with Gasteiger partial charge in [-0.25, -0.2) is 0 Å². The third kappa shape index (κ3) is 9.82. The largest absolute Gasteiger partial charge is 0.466 e. The van der Waals surface area contributed by atoms with Gasteiger partial charge in [0.25, 0.3) is 0 Å². The van der Waals surface area contributed by atoms with Crippen LogP contribution in [0, 0.1) is 0 Å². The van der Waals surface area contributed by atoms with Crippen LogP contribution in [-0.2, 0) is 14.3 Å². The minimum absolute atomic E-state index is 0.0882. The Labute approximate surface area is 123 Å². The second-order valence-corrected chi connectivity index (χ2v) is 5.10. The maximum Gasteiger partial charge on any atom is 0.306 e. The maximum absolute atomic E-state index is 12.2. The van der Waals surface area contributed by atoms with E-state index in [-0.39, 0.29) is 24.7 Å². The van der Waals surface area contributed by atoms with E-state index < -0.39 is 0 Å². The SMILES string of the molecule is CCCCCN(CCCCC)C(=O)CCC(=O)OCC. The highest BCUT2D eigenvalue weighted by atomic mass is 16.5. The quantitative estimate of drug-likeness (QED) is 0.407. The Bertz CT molecular complexity index is 256. The number of rotatable bonds is 12. The molecule has 0 aromatic carbocycles. The molecular formula is C16H31NO3. The van der Waals surface area contributed by atoms with Crippen LogP contribution >= 0.6 is 0 Å². The zero-order valence-corrected chi connectivity index (χ0v) is 13.5. The predicted octanol–water partition coefficient (Wildman–Crippen LogP) is 3.54. The molecule has 20 heavy (non-hydrogen) atoms. The summed E-state index contributed by atoms with van der Waals surface area (Å²) in [6, 6.07) is 0. The van der Waals surface area contributed by atoms with Gasteiger partial charge >= 0.3 is 5.97 Å². The average Bonchev–Trinajstić information content (AvgIpc) is 2.44. The number of hydrogen-bond acceptors (Lipinski definition) is 3. The molecule has 0 saturated heterocycles. The second-order valence-electron chi connectivity index (χ2n) is 5.10. The molecule has 0 radical (unpaired) electrons. The molecule has 4 nitrogen and oxygen atoms in total. The van der Waals surface area contributed by atoms with Crippen LogP contribution in [0.15, 0.2) is 0 Å². The van der Waals surface area contributed by atoms with Crippen LogP contribution in [0.3, 0.4) is 0 Å². The van der Waals surface area contributed by atoms with Crippen molar-refractivity contribution in [2.45, 2.75) is 72.1 Å². The van der Waals surface area contributed by atoms with Crippen molar-refractivity contribution in [3.8, 4) is 0 Å². The average molecular weight is 285 g/mol. The molecule has 4 heteroatoms. The number of amides is 1. The summed E-state index contributed by atoms with van der Waals surface area (Å²) in [5.41, 5.74) is 0. The molecule has 0 saturated carbocycles. The number of unbranched alkanes of at least 4 members (excludes halogenated alkanes) is 4. The van der Waals surface area contributed by atoms with Gasteiger partial charge in [-0.2, -0.15) is 0 Å². The zero-order valence-electron chi connectivity index (χ0n) is 13.5. The van der Waals surface area contributed by atoms with Gasteiger partial charge in [0.1, 0.15) is 0 Å². The molecule has 0 aliphatic carbocycles. The third-order valence-corrected chi connectivity index (χ3v) is 3.26. The Morgan fingerprint density at radius 3 is 1.85 bits per heavy atom. The lowest BCUT2D eigenvalue weighted by Gasteiger charge is -2.22. The molecule has 1 amide bonds. The molecule has 0 rings (SSSR count). The van der Waals surface area contributed by atoms with E-state index in [1.54, 1.807) is 6.92 Å². The molecule has 0 bridgehead atoms. The van der Waals surface area contributed by atoms with E-state index in [0.717, 1.165) is 51.6 Å². The summed E-state index contributed by atoms with van der Waals surface area (Å²) in [6.45, 7) is 8.11. The van der Waals surface area contributed by atoms with Gasteiger partial charge in [-0.05, 0) is 19.8 Å². The van der Waals surface area contributed by atoms with Crippen molar-refractivity contribution in [2.24, 2.45) is 0 Å². The molecule has 0 N–H and O–H groups in total. The number of carbonyl (C=O) groups excluding carboxylic acids is 2. The van der Waals surface area contributed by atoms with Gasteiger partial charge in [0.05, 0.1) is 13.0 Å². The van der Waals surface area contributed by atoms with Gasteiger partial charge in [-0.3, -0.25) is 9.59 Å². The van der Waals surface area contributed by atoms with E-state index in [1.165, 1.54) is 0 Å². The van der Waals surface area contributed by atoms with Crippen molar-refractivity contribution >= 4 is 11.9 Å². The van der Waals surface area contributed by atoms with Gasteiger partial charge in [-0.15, -0.1) is 0 Å². The van der Waals surface area contributed by atoms with Crippen LogP contribution in [0.4, 0.5) is 0 Å². The van der Waals surface area contributed by atoms with Gasteiger partial charge in [0, 0.05) is 19.5 Å². The molecule has 0 aliphatic rings. The fourth-order valence-electron chi connectivity index (χ4n) is 2.07. The third-order valence-electron chi connectivity index (χ3n) is 3.26. The summed E-state index contributed by atoms with van der Waals surface area (Å²) in [5.74, 6) is -0.187. The first-order valence-electron chi connectivity index (χ1n) is 8.09. The summed E-state index contributed by atoms with van der Waals surface area (Å²) in [4.78, 5) is 25.4. The van der Waals surface area contributed by atoms with Gasteiger partial charge in [0.2, 0.25) is 5.91 Å². The summed E-state index contributed by atoms with van der Waals surface area (Å²) in [7, 11) is 0. The maximum atomic E-state index is 12.2. The Morgan fingerprint density at radius 1 is 0.850 bits per heavy atom. The van der Waals surface area contributed by atoms with Gasteiger partial charge in [-0.1, -0.05) is 39.5 Å². The van der Waals surface area contributed by atoms with Gasteiger partial charge < -0.3 is 9.64 Å². The summed E-state index contributed by atoms with van der Waals surface area (Å²) < 4.78 is 4.86. The Morgan fingerprint density at radius 2 is 1.40 bits per heavy atom. The summed E-state index contributed by atoms with van der Waals surface area (Å²) >= 11 is 0. The minimum Gasteiger partial charge on any atom is -0.466 e. The molecule has 0 heterocycles. The molecule has 0 fully saturated rings. The molecular weight excluding hydrogens is 254 g/mol. The Hall–Kier alpha value is -1.06. The van der Waals surface area contributed by atoms with Crippen molar-refractivity contribution in [1.29, 1.82) is 0 Å². The molecule has 0 atom stereocenters. The van der Waals surface area contributed by atoms with Crippen molar-refractivity contribution in [3.05, 3.63) is 0 Å². The van der Waals surface area contributed by atoms with E-state index >= 15 is 0 Å². The fourth-order valence-corrected chi connectivity index (χ4v) is 2.07. The summed E-state index contributed by atoms with van der Waals surface area (Å²) in [5, 5.41) is 0. The number of nitrogens with zero attached hydrogens (tertiary/aromatic N) is 1. The zero-order chi connectivity index (χ0) is 15.2. The van der Waals surface area contributed by atoms with Crippen LogP contribution in [0.2, 0.25) is 0 Å². The molecule has 0 aliphatic heterocycles. The van der Waals surface area contributed by atoms with Crippen LogP contribution in [0.1, 0.15) is 72.1 Å². The first-order chi connectivity index (χ1) is 9.65. The number of carbonyl (C=O) groups is 2. The minimum atomic E-state index is -0.275. The van der Waals surface area contributed by atoms with E-state index in [0.29, 0.717) is 6.61 Å². The Balaban J connectivity index is 4.12. The van der Waals surface area contributed by atoms with Crippen molar-refractivity contribution in [3.63, 3.8) is 0 Å². The fraction of sp³-hybridized carbons (Fsp3) is 0.875. The molecule has 0 aromatic heterocycles. The molecule has 0 aromatic rings. The highest BCUT2D eigenvalue weighted by molar-refractivity contribution is 5.81. The first-order valence-corrected chi connectivity index (χ1v) is 8.09. The van der Waals surface area contributed by atoms with E-state index in [2.05, 4.69) is 13.8 Å². The van der Waals surface area contributed by atoms with Crippen LogP contribution in [-0.4, -0.2) is 36.5 Å². The molecule has 0 unspecified atom stereocenters. The number of esters is 1. The van der Waals surface area contributed by atoms with E-state index in [4.69, 9.17) is 4.74 Å². The molecule has 0 spiro atoms. The monoisotopic (exact) mass is 285 g/mol. The molecule has 118 valence electrons. The van der Waals surface area contributed by atoms with Crippen LogP contribution < -0.4 is 0 Å². The lowest BCUT2D eigenvalue weighted by atomic mass is 10.2. The first kappa shape index (κ1) is 18.9. The van der Waals surface area contributed by atoms with Crippen molar-refractivity contribution in [1.82, 2.24) is 4.90 Å². The normalized spacial score (nSPS) is 10.3. The number of ether oxygens (including phenoxy) is 1. The highest BCUT2D eigenvalue weighted by Gasteiger charge is 2.14. The summed E-state index contributed by atoms with van der Waals surface area (Å²) in [6.07, 6.45) is 7.17. The lowest BCUT2D eigenvalue weighted by Crippen LogP contribution is -2.33. The standard InChI is InChI=1S/C16H31NO3/c1-4-7-9-13-17(14-10-8-5-2)15(18)11-12-16(19)20-6-3/h4-14H2,1-3H3. The number of hydrogen-bond donors (Lipinski definition) is 0. The van der Waals surface area contributed by atoms with E-state index in [1.807, 2.05) is 4.90 Å². The predicted molar refractivity (Wildman–Crippen MR) is 81.5 cm³/mol. The van der Waals surface area contributed by atoms with E-state index in [9.17, 15) is 9.59 Å². The van der Waals surface area contributed by atoms with Crippen molar-refractivity contribution in [2.75, 3.05) is 19.7 Å². The highest BCUT2D eigenvalue weighted by Crippen LogP contribution is 2.06. The smallest absolute Gasteiger partial charge is 0.306 e. The topological polar surface area (TPSA) is 46.6 Å². The second kappa shape index (κ2) is 12.9. The van der Waals surface area contributed by atoms with Crippen molar-refractivity contribution < 1.29 is 14.3 Å².